The van der Waals surface area contributed by atoms with Gasteiger partial charge in [-0.05, 0) is 18.6 Å². The fourth-order valence-electron chi connectivity index (χ4n) is 1.74. The van der Waals surface area contributed by atoms with Crippen molar-refractivity contribution in [1.29, 1.82) is 0 Å². The maximum atomic E-state index is 12.3. The minimum atomic E-state index is -3.36. The quantitative estimate of drug-likeness (QED) is 0.790. The Kier molecular flexibility index (Phi) is 3.22. The number of hydrogen-bond acceptors (Lipinski definition) is 4. The Balaban J connectivity index is 2.35. The monoisotopic (exact) mass is 241 g/mol. The summed E-state index contributed by atoms with van der Waals surface area (Å²) in [6.45, 7) is 4.25. The first kappa shape index (κ1) is 11.5. The number of pyridine rings is 1. The second-order valence-corrected chi connectivity index (χ2v) is 5.70. The molecule has 1 aliphatic rings. The number of sulfonamides is 1. The zero-order valence-corrected chi connectivity index (χ0v) is 10.00. The van der Waals surface area contributed by atoms with Crippen molar-refractivity contribution >= 4 is 10.0 Å². The number of aryl methyl sites for hydroxylation is 1. The third-order valence-electron chi connectivity index (χ3n) is 2.68. The number of nitrogens with one attached hydrogen (secondary N) is 1. The van der Waals surface area contributed by atoms with Crippen molar-refractivity contribution < 1.29 is 8.42 Å². The normalized spacial score (nSPS) is 18.6. The van der Waals surface area contributed by atoms with Crippen LogP contribution in [0.5, 0.6) is 0 Å². The van der Waals surface area contributed by atoms with Crippen molar-refractivity contribution in [2.45, 2.75) is 11.8 Å². The molecule has 16 heavy (non-hydrogen) atoms. The van der Waals surface area contributed by atoms with Gasteiger partial charge in [-0.15, -0.1) is 0 Å². The summed E-state index contributed by atoms with van der Waals surface area (Å²) in [6.07, 6.45) is 3.03. The Bertz CT molecular complexity index is 467. The van der Waals surface area contributed by atoms with Crippen LogP contribution in [0.2, 0.25) is 0 Å². The van der Waals surface area contributed by atoms with E-state index in [2.05, 4.69) is 10.3 Å². The van der Waals surface area contributed by atoms with Gasteiger partial charge in [0.2, 0.25) is 10.0 Å². The zero-order chi connectivity index (χ0) is 11.6. The summed E-state index contributed by atoms with van der Waals surface area (Å²) < 4.78 is 26.0. The van der Waals surface area contributed by atoms with E-state index in [0.29, 0.717) is 31.1 Å². The molecule has 0 saturated carbocycles. The van der Waals surface area contributed by atoms with Crippen LogP contribution in [-0.2, 0) is 10.0 Å². The molecule has 0 unspecified atom stereocenters. The SMILES string of the molecule is Cc1ccncc1S(=O)(=O)N1CCNCC1. The van der Waals surface area contributed by atoms with Crippen LogP contribution in [0.15, 0.2) is 23.4 Å². The molecule has 6 heteroatoms. The van der Waals surface area contributed by atoms with E-state index in [1.54, 1.807) is 19.2 Å². The highest BCUT2D eigenvalue weighted by atomic mass is 32.2. The van der Waals surface area contributed by atoms with Crippen LogP contribution < -0.4 is 5.32 Å². The summed E-state index contributed by atoms with van der Waals surface area (Å²) in [5.74, 6) is 0. The first-order valence-corrected chi connectivity index (χ1v) is 6.68. The first-order chi connectivity index (χ1) is 7.62. The predicted molar refractivity (Wildman–Crippen MR) is 60.6 cm³/mol. The predicted octanol–water partition coefficient (Wildman–Crippen LogP) is -0.0161. The van der Waals surface area contributed by atoms with Crippen LogP contribution in [0.25, 0.3) is 0 Å². The largest absolute Gasteiger partial charge is 0.314 e. The van der Waals surface area contributed by atoms with Gasteiger partial charge in [0.1, 0.15) is 4.90 Å². The molecule has 0 aliphatic carbocycles. The Morgan fingerprint density at radius 1 is 1.38 bits per heavy atom. The van der Waals surface area contributed by atoms with E-state index in [1.807, 2.05) is 0 Å². The van der Waals surface area contributed by atoms with E-state index >= 15 is 0 Å². The highest BCUT2D eigenvalue weighted by molar-refractivity contribution is 7.89. The zero-order valence-electron chi connectivity index (χ0n) is 9.18. The van der Waals surface area contributed by atoms with Crippen molar-refractivity contribution in [3.63, 3.8) is 0 Å². The van der Waals surface area contributed by atoms with Gasteiger partial charge in [-0.25, -0.2) is 8.42 Å². The highest BCUT2D eigenvalue weighted by Crippen LogP contribution is 2.18. The molecule has 1 aromatic heterocycles. The lowest BCUT2D eigenvalue weighted by Crippen LogP contribution is -2.46. The van der Waals surface area contributed by atoms with Gasteiger partial charge < -0.3 is 5.32 Å². The molecule has 1 aliphatic heterocycles. The van der Waals surface area contributed by atoms with E-state index in [9.17, 15) is 8.42 Å². The van der Waals surface area contributed by atoms with Crippen molar-refractivity contribution in [2.75, 3.05) is 26.2 Å². The summed E-state index contributed by atoms with van der Waals surface area (Å²) >= 11 is 0. The molecule has 2 heterocycles. The number of hydrogen-bond donors (Lipinski definition) is 1. The van der Waals surface area contributed by atoms with E-state index in [1.165, 1.54) is 10.5 Å². The standard InChI is InChI=1S/C10H15N3O2S/c1-9-2-3-12-8-10(9)16(14,15)13-6-4-11-5-7-13/h2-3,8,11H,4-7H2,1H3. The molecule has 0 aromatic carbocycles. The van der Waals surface area contributed by atoms with Crippen molar-refractivity contribution in [1.82, 2.24) is 14.6 Å². The lowest BCUT2D eigenvalue weighted by atomic mass is 10.3. The minimum Gasteiger partial charge on any atom is -0.314 e. The van der Waals surface area contributed by atoms with Crippen molar-refractivity contribution in [3.8, 4) is 0 Å². The first-order valence-electron chi connectivity index (χ1n) is 5.24. The van der Waals surface area contributed by atoms with Crippen molar-refractivity contribution in [2.24, 2.45) is 0 Å². The third-order valence-corrected chi connectivity index (χ3v) is 4.71. The molecule has 1 N–H and O–H groups in total. The second kappa shape index (κ2) is 4.48. The topological polar surface area (TPSA) is 62.3 Å². The van der Waals surface area contributed by atoms with E-state index in [-0.39, 0.29) is 0 Å². The Hall–Kier alpha value is -0.980. The molecule has 0 radical (unpaired) electrons. The van der Waals surface area contributed by atoms with Gasteiger partial charge in [0, 0.05) is 38.6 Å². The lowest BCUT2D eigenvalue weighted by molar-refractivity contribution is 0.360. The van der Waals surface area contributed by atoms with E-state index in [4.69, 9.17) is 0 Å². The van der Waals surface area contributed by atoms with E-state index < -0.39 is 10.0 Å². The smallest absolute Gasteiger partial charge is 0.244 e. The summed E-state index contributed by atoms with van der Waals surface area (Å²) in [6, 6.07) is 1.72. The molecule has 1 saturated heterocycles. The average Bonchev–Trinajstić information content (AvgIpc) is 2.30. The summed E-state index contributed by atoms with van der Waals surface area (Å²) in [4.78, 5) is 4.20. The molecular weight excluding hydrogens is 226 g/mol. The Morgan fingerprint density at radius 2 is 2.06 bits per heavy atom. The van der Waals surface area contributed by atoms with Gasteiger partial charge in [0.25, 0.3) is 0 Å². The van der Waals surface area contributed by atoms with Crippen LogP contribution >= 0.6 is 0 Å². The molecule has 0 amide bonds. The minimum absolute atomic E-state index is 0.317. The van der Waals surface area contributed by atoms with Crippen LogP contribution in [0.1, 0.15) is 5.56 Å². The fourth-order valence-corrected chi connectivity index (χ4v) is 3.35. The molecule has 1 aromatic rings. The molecule has 1 fully saturated rings. The maximum absolute atomic E-state index is 12.3. The molecule has 0 atom stereocenters. The maximum Gasteiger partial charge on any atom is 0.244 e. The fraction of sp³-hybridized carbons (Fsp3) is 0.500. The average molecular weight is 241 g/mol. The third kappa shape index (κ3) is 2.09. The molecule has 88 valence electrons. The van der Waals surface area contributed by atoms with Gasteiger partial charge in [0.05, 0.1) is 0 Å². The molecule has 2 rings (SSSR count). The Labute approximate surface area is 95.5 Å². The van der Waals surface area contributed by atoms with E-state index in [0.717, 1.165) is 5.56 Å². The number of aromatic nitrogens is 1. The lowest BCUT2D eigenvalue weighted by Gasteiger charge is -2.26. The summed E-state index contributed by atoms with van der Waals surface area (Å²) in [5.41, 5.74) is 0.744. The summed E-state index contributed by atoms with van der Waals surface area (Å²) in [5, 5.41) is 3.13. The van der Waals surface area contributed by atoms with Crippen LogP contribution in [0.3, 0.4) is 0 Å². The summed E-state index contributed by atoms with van der Waals surface area (Å²) in [7, 11) is -3.36. The molecular formula is C10H15N3O2S. The van der Waals surface area contributed by atoms with Crippen molar-refractivity contribution in [3.05, 3.63) is 24.0 Å². The van der Waals surface area contributed by atoms with Gasteiger partial charge >= 0.3 is 0 Å². The molecule has 0 bridgehead atoms. The Morgan fingerprint density at radius 3 is 2.69 bits per heavy atom. The van der Waals surface area contributed by atoms with Gasteiger partial charge in [0.15, 0.2) is 0 Å². The number of rotatable bonds is 2. The highest BCUT2D eigenvalue weighted by Gasteiger charge is 2.27. The van der Waals surface area contributed by atoms with Gasteiger partial charge in [-0.1, -0.05) is 0 Å². The van der Waals surface area contributed by atoms with Gasteiger partial charge in [-0.3, -0.25) is 4.98 Å². The molecule has 5 nitrogen and oxygen atoms in total. The number of piperazine rings is 1. The van der Waals surface area contributed by atoms with Crippen LogP contribution in [0.4, 0.5) is 0 Å². The number of nitrogens with zero attached hydrogens (tertiary/aromatic N) is 2. The second-order valence-electron chi connectivity index (χ2n) is 3.80. The van der Waals surface area contributed by atoms with Crippen LogP contribution in [-0.4, -0.2) is 43.9 Å². The van der Waals surface area contributed by atoms with Gasteiger partial charge in [-0.2, -0.15) is 4.31 Å². The van der Waals surface area contributed by atoms with Crippen LogP contribution in [0, 0.1) is 6.92 Å². The molecule has 0 spiro atoms.